The number of anilines is 1. The van der Waals surface area contributed by atoms with Crippen molar-refractivity contribution in [1.82, 2.24) is 9.78 Å². The predicted octanol–water partition coefficient (Wildman–Crippen LogP) is 2.38. The number of benzene rings is 1. The van der Waals surface area contributed by atoms with Crippen LogP contribution in [-0.4, -0.2) is 24.1 Å². The Morgan fingerprint density at radius 3 is 2.37 bits per heavy atom. The summed E-state index contributed by atoms with van der Waals surface area (Å²) in [7, 11) is -4.07. The standard InChI is InChI=1S/C15H11F3N4O4S/c16-15(17,18)12-5-6-22(21-12)11-3-1-10(2-4-11)20-14(23)9-7-13(26-8-9)27(19,24)25/h1-8H,(H,20,23)(H2,19,24,25). The Morgan fingerprint density at radius 2 is 1.85 bits per heavy atom. The molecule has 3 N–H and O–H groups in total. The highest BCUT2D eigenvalue weighted by Crippen LogP contribution is 2.28. The average Bonchev–Trinajstić information content (AvgIpc) is 3.24. The molecule has 27 heavy (non-hydrogen) atoms. The second kappa shape index (κ2) is 6.55. The van der Waals surface area contributed by atoms with E-state index in [1.54, 1.807) is 0 Å². The Hall–Kier alpha value is -3.12. The average molecular weight is 400 g/mol. The lowest BCUT2D eigenvalue weighted by Crippen LogP contribution is -2.12. The summed E-state index contributed by atoms with van der Waals surface area (Å²) < 4.78 is 65.8. The first-order valence-corrected chi connectivity index (χ1v) is 8.75. The van der Waals surface area contributed by atoms with Crippen molar-refractivity contribution in [3.8, 4) is 5.69 Å². The Balaban J connectivity index is 1.73. The molecule has 12 heteroatoms. The van der Waals surface area contributed by atoms with Crippen molar-refractivity contribution in [3.05, 3.63) is 60.1 Å². The maximum atomic E-state index is 12.6. The number of nitrogens with two attached hydrogens (primary N) is 1. The molecule has 0 aliphatic carbocycles. The van der Waals surface area contributed by atoms with Crippen LogP contribution >= 0.6 is 0 Å². The first-order valence-electron chi connectivity index (χ1n) is 7.20. The van der Waals surface area contributed by atoms with Gasteiger partial charge >= 0.3 is 6.18 Å². The number of carbonyl (C=O) groups excluding carboxylic acids is 1. The van der Waals surface area contributed by atoms with Gasteiger partial charge in [-0.05, 0) is 30.3 Å². The van der Waals surface area contributed by atoms with Crippen molar-refractivity contribution in [2.45, 2.75) is 11.3 Å². The lowest BCUT2D eigenvalue weighted by atomic mass is 10.2. The number of primary sulfonamides is 1. The molecule has 0 aliphatic heterocycles. The molecule has 0 fully saturated rings. The summed E-state index contributed by atoms with van der Waals surface area (Å²) in [5.74, 6) is -0.653. The van der Waals surface area contributed by atoms with Gasteiger partial charge < -0.3 is 9.73 Å². The number of amides is 1. The summed E-state index contributed by atoms with van der Waals surface area (Å²) in [6.45, 7) is 0. The third-order valence-corrected chi connectivity index (χ3v) is 4.16. The van der Waals surface area contributed by atoms with Gasteiger partial charge in [-0.25, -0.2) is 18.2 Å². The van der Waals surface area contributed by atoms with E-state index < -0.39 is 32.9 Å². The SMILES string of the molecule is NS(=O)(=O)c1cc(C(=O)Nc2ccc(-n3ccc(C(F)(F)F)n3)cc2)co1. The minimum absolute atomic E-state index is 0.0648. The molecule has 2 aromatic heterocycles. The van der Waals surface area contributed by atoms with E-state index in [1.165, 1.54) is 24.3 Å². The van der Waals surface area contributed by atoms with Crippen molar-refractivity contribution in [1.29, 1.82) is 0 Å². The van der Waals surface area contributed by atoms with Crippen molar-refractivity contribution >= 4 is 21.6 Å². The number of halogens is 3. The molecule has 0 aliphatic rings. The highest BCUT2D eigenvalue weighted by Gasteiger charge is 2.33. The molecule has 3 aromatic rings. The molecule has 0 saturated heterocycles. The Kier molecular flexibility index (Phi) is 4.53. The number of alkyl halides is 3. The van der Waals surface area contributed by atoms with Crippen LogP contribution in [0.5, 0.6) is 0 Å². The highest BCUT2D eigenvalue weighted by molar-refractivity contribution is 7.89. The quantitative estimate of drug-likeness (QED) is 0.697. The Labute approximate surface area is 150 Å². The van der Waals surface area contributed by atoms with Gasteiger partial charge in [0.2, 0.25) is 5.09 Å². The zero-order chi connectivity index (χ0) is 19.8. The number of carbonyl (C=O) groups is 1. The van der Waals surface area contributed by atoms with E-state index in [1.807, 2.05) is 0 Å². The molecule has 0 saturated carbocycles. The van der Waals surface area contributed by atoms with E-state index >= 15 is 0 Å². The zero-order valence-electron chi connectivity index (χ0n) is 13.3. The molecule has 1 amide bonds. The van der Waals surface area contributed by atoms with Crippen molar-refractivity contribution in [2.24, 2.45) is 5.14 Å². The fraction of sp³-hybridized carbons (Fsp3) is 0.0667. The van der Waals surface area contributed by atoms with Crippen LogP contribution < -0.4 is 10.5 Å². The number of hydrogen-bond donors (Lipinski definition) is 2. The lowest BCUT2D eigenvalue weighted by Gasteiger charge is -2.06. The molecule has 1 aromatic carbocycles. The summed E-state index contributed by atoms with van der Waals surface area (Å²) in [5.41, 5.74) is -0.413. The fourth-order valence-corrected chi connectivity index (χ4v) is 2.58. The lowest BCUT2D eigenvalue weighted by molar-refractivity contribution is -0.141. The number of sulfonamides is 1. The minimum atomic E-state index is -4.54. The Bertz CT molecular complexity index is 1080. The second-order valence-electron chi connectivity index (χ2n) is 5.34. The van der Waals surface area contributed by atoms with Crippen LogP contribution in [0.15, 0.2) is 58.4 Å². The van der Waals surface area contributed by atoms with Gasteiger partial charge in [-0.15, -0.1) is 0 Å². The van der Waals surface area contributed by atoms with Gasteiger partial charge in [0, 0.05) is 18.0 Å². The molecule has 2 heterocycles. The van der Waals surface area contributed by atoms with Crippen LogP contribution in [0.1, 0.15) is 16.1 Å². The molecule has 3 rings (SSSR count). The summed E-state index contributed by atoms with van der Waals surface area (Å²) in [6, 6.07) is 7.62. The van der Waals surface area contributed by atoms with E-state index in [0.717, 1.165) is 29.3 Å². The molecule has 0 radical (unpaired) electrons. The first-order chi connectivity index (χ1) is 12.5. The second-order valence-corrected chi connectivity index (χ2v) is 6.84. The van der Waals surface area contributed by atoms with Crippen LogP contribution in [0, 0.1) is 0 Å². The fourth-order valence-electron chi connectivity index (χ4n) is 2.10. The summed E-state index contributed by atoms with van der Waals surface area (Å²) in [4.78, 5) is 12.1. The first kappa shape index (κ1) is 18.7. The van der Waals surface area contributed by atoms with E-state index in [4.69, 9.17) is 9.56 Å². The van der Waals surface area contributed by atoms with E-state index in [0.29, 0.717) is 11.4 Å². The topological polar surface area (TPSA) is 120 Å². The number of rotatable bonds is 4. The van der Waals surface area contributed by atoms with Crippen LogP contribution in [0.3, 0.4) is 0 Å². The Morgan fingerprint density at radius 1 is 1.19 bits per heavy atom. The number of aromatic nitrogens is 2. The van der Waals surface area contributed by atoms with Gasteiger partial charge in [-0.3, -0.25) is 4.79 Å². The van der Waals surface area contributed by atoms with Gasteiger partial charge in [0.15, 0.2) is 5.69 Å². The normalized spacial score (nSPS) is 12.1. The summed E-state index contributed by atoms with van der Waals surface area (Å²) >= 11 is 0. The van der Waals surface area contributed by atoms with Crippen molar-refractivity contribution in [3.63, 3.8) is 0 Å². The minimum Gasteiger partial charge on any atom is -0.451 e. The van der Waals surface area contributed by atoms with E-state index in [9.17, 15) is 26.4 Å². The molecule has 0 spiro atoms. The summed E-state index contributed by atoms with van der Waals surface area (Å²) in [5, 5.41) is 10.3. The van der Waals surface area contributed by atoms with E-state index in [-0.39, 0.29) is 5.56 Å². The third kappa shape index (κ3) is 4.17. The molecule has 8 nitrogen and oxygen atoms in total. The van der Waals surface area contributed by atoms with Gasteiger partial charge in [-0.1, -0.05) is 0 Å². The van der Waals surface area contributed by atoms with Crippen LogP contribution in [0.4, 0.5) is 18.9 Å². The number of nitrogens with zero attached hydrogens (tertiary/aromatic N) is 2. The molecule has 0 bridgehead atoms. The van der Waals surface area contributed by atoms with E-state index in [2.05, 4.69) is 10.4 Å². The molecule has 0 unspecified atom stereocenters. The number of hydrogen-bond acceptors (Lipinski definition) is 5. The summed E-state index contributed by atoms with van der Waals surface area (Å²) in [6.07, 6.45) is -2.44. The van der Waals surface area contributed by atoms with Gasteiger partial charge in [-0.2, -0.15) is 18.3 Å². The highest BCUT2D eigenvalue weighted by atomic mass is 32.2. The van der Waals surface area contributed by atoms with Gasteiger partial charge in [0.05, 0.1) is 11.3 Å². The number of nitrogens with one attached hydrogen (secondary N) is 1. The largest absolute Gasteiger partial charge is 0.451 e. The molecular formula is C15H11F3N4O4S. The van der Waals surface area contributed by atoms with Gasteiger partial charge in [0.1, 0.15) is 6.26 Å². The monoisotopic (exact) mass is 400 g/mol. The van der Waals surface area contributed by atoms with Crippen molar-refractivity contribution < 1.29 is 30.8 Å². The smallest absolute Gasteiger partial charge is 0.435 e. The molecule has 142 valence electrons. The maximum Gasteiger partial charge on any atom is 0.435 e. The molecular weight excluding hydrogens is 389 g/mol. The van der Waals surface area contributed by atoms with Crippen LogP contribution in [-0.2, 0) is 16.2 Å². The third-order valence-electron chi connectivity index (χ3n) is 3.39. The van der Waals surface area contributed by atoms with Crippen LogP contribution in [0.25, 0.3) is 5.69 Å². The zero-order valence-corrected chi connectivity index (χ0v) is 14.1. The number of furan rings is 1. The van der Waals surface area contributed by atoms with Crippen LogP contribution in [0.2, 0.25) is 0 Å². The van der Waals surface area contributed by atoms with Gasteiger partial charge in [0.25, 0.3) is 15.9 Å². The maximum absolute atomic E-state index is 12.6. The van der Waals surface area contributed by atoms with Crippen molar-refractivity contribution in [2.75, 3.05) is 5.32 Å². The predicted molar refractivity (Wildman–Crippen MR) is 86.6 cm³/mol. The molecule has 0 atom stereocenters.